The fraction of sp³-hybridized carbons (Fsp3) is 0.429. The molecule has 22 heavy (non-hydrogen) atoms. The van der Waals surface area contributed by atoms with Crippen molar-refractivity contribution in [2.24, 2.45) is 0 Å². The van der Waals surface area contributed by atoms with Crippen LogP contribution in [0.3, 0.4) is 0 Å². The molecule has 4 heterocycles. The molecule has 8 heteroatoms. The van der Waals surface area contributed by atoms with E-state index >= 15 is 0 Å². The number of hydrogen-bond donors (Lipinski definition) is 0. The average Bonchev–Trinajstić information content (AvgIpc) is 3.26. The fourth-order valence-electron chi connectivity index (χ4n) is 2.78. The third kappa shape index (κ3) is 2.32. The number of hydrogen-bond acceptors (Lipinski definition) is 6. The highest BCUT2D eigenvalue weighted by molar-refractivity contribution is 7.16. The van der Waals surface area contributed by atoms with Gasteiger partial charge in [-0.05, 0) is 31.2 Å². The standard InChI is InChI=1S/C14H15N5OS2/c1-9-15-16-14-19(9)17-12(22-14)10-4-6-18(7-5-10)13(20)11-3-2-8-21-11/h2-3,8,10H,4-7H2,1H3. The number of rotatable bonds is 2. The lowest BCUT2D eigenvalue weighted by atomic mass is 9.97. The topological polar surface area (TPSA) is 63.4 Å². The van der Waals surface area contributed by atoms with Gasteiger partial charge in [-0.1, -0.05) is 17.4 Å². The Morgan fingerprint density at radius 2 is 2.14 bits per heavy atom. The van der Waals surface area contributed by atoms with E-state index in [9.17, 15) is 4.79 Å². The van der Waals surface area contributed by atoms with Crippen molar-refractivity contribution in [2.45, 2.75) is 25.7 Å². The van der Waals surface area contributed by atoms with Crippen LogP contribution in [-0.4, -0.2) is 43.7 Å². The van der Waals surface area contributed by atoms with Crippen molar-refractivity contribution in [3.63, 3.8) is 0 Å². The average molecular weight is 333 g/mol. The lowest BCUT2D eigenvalue weighted by Gasteiger charge is -2.30. The van der Waals surface area contributed by atoms with Gasteiger partial charge in [0.15, 0.2) is 5.82 Å². The molecule has 0 aliphatic carbocycles. The van der Waals surface area contributed by atoms with Gasteiger partial charge in [-0.15, -0.1) is 21.5 Å². The predicted octanol–water partition coefficient (Wildman–Crippen LogP) is 2.58. The van der Waals surface area contributed by atoms with Crippen molar-refractivity contribution < 1.29 is 4.79 Å². The van der Waals surface area contributed by atoms with E-state index in [0.717, 1.165) is 46.6 Å². The van der Waals surface area contributed by atoms with Gasteiger partial charge >= 0.3 is 0 Å². The Labute approximate surface area is 135 Å². The number of likely N-dealkylation sites (tertiary alicyclic amines) is 1. The van der Waals surface area contributed by atoms with E-state index in [2.05, 4.69) is 15.3 Å². The normalized spacial score (nSPS) is 16.5. The minimum Gasteiger partial charge on any atom is -0.338 e. The molecule has 114 valence electrons. The molecule has 0 spiro atoms. The highest BCUT2D eigenvalue weighted by Crippen LogP contribution is 2.31. The van der Waals surface area contributed by atoms with Gasteiger partial charge < -0.3 is 4.90 Å². The number of amides is 1. The molecule has 1 saturated heterocycles. The summed E-state index contributed by atoms with van der Waals surface area (Å²) in [7, 11) is 0. The third-order valence-corrected chi connectivity index (χ3v) is 5.94. The van der Waals surface area contributed by atoms with E-state index in [0.29, 0.717) is 5.92 Å². The minimum atomic E-state index is 0.155. The fourth-order valence-corrected chi connectivity index (χ4v) is 4.52. The van der Waals surface area contributed by atoms with Gasteiger partial charge in [-0.25, -0.2) is 0 Å². The number of nitrogens with zero attached hydrogens (tertiary/aromatic N) is 5. The first kappa shape index (κ1) is 13.8. The van der Waals surface area contributed by atoms with Gasteiger partial charge in [0.1, 0.15) is 5.01 Å². The Kier molecular flexibility index (Phi) is 3.42. The summed E-state index contributed by atoms with van der Waals surface area (Å²) in [6, 6.07) is 3.82. The molecule has 1 aliphatic rings. The summed E-state index contributed by atoms with van der Waals surface area (Å²) in [4.78, 5) is 16.0. The molecule has 6 nitrogen and oxygen atoms in total. The summed E-state index contributed by atoms with van der Waals surface area (Å²) in [5.41, 5.74) is 0. The van der Waals surface area contributed by atoms with Gasteiger partial charge in [0.25, 0.3) is 5.91 Å². The van der Waals surface area contributed by atoms with E-state index in [1.807, 2.05) is 33.9 Å². The van der Waals surface area contributed by atoms with Crippen molar-refractivity contribution in [1.82, 2.24) is 24.7 Å². The van der Waals surface area contributed by atoms with Crippen molar-refractivity contribution in [3.8, 4) is 0 Å². The molecule has 3 aromatic rings. The molecule has 0 bridgehead atoms. The second kappa shape index (κ2) is 5.44. The number of carbonyl (C=O) groups excluding carboxylic acids is 1. The Bertz CT molecular complexity index is 799. The molecule has 0 saturated carbocycles. The zero-order valence-electron chi connectivity index (χ0n) is 12.1. The first-order valence-electron chi connectivity index (χ1n) is 7.24. The summed E-state index contributed by atoms with van der Waals surface area (Å²) in [6.45, 7) is 3.49. The maximum absolute atomic E-state index is 12.3. The number of aromatic nitrogens is 4. The van der Waals surface area contributed by atoms with Gasteiger partial charge in [-0.2, -0.15) is 9.61 Å². The molecule has 0 N–H and O–H groups in total. The van der Waals surface area contributed by atoms with Crippen molar-refractivity contribution in [3.05, 3.63) is 33.2 Å². The summed E-state index contributed by atoms with van der Waals surface area (Å²) in [5.74, 6) is 1.39. The van der Waals surface area contributed by atoms with Crippen LogP contribution in [0.4, 0.5) is 0 Å². The summed E-state index contributed by atoms with van der Waals surface area (Å²) < 4.78 is 1.81. The summed E-state index contributed by atoms with van der Waals surface area (Å²) in [5, 5.41) is 15.8. The smallest absolute Gasteiger partial charge is 0.263 e. The van der Waals surface area contributed by atoms with Crippen LogP contribution in [0.5, 0.6) is 0 Å². The van der Waals surface area contributed by atoms with Crippen LogP contribution in [0.25, 0.3) is 4.96 Å². The molecule has 0 unspecified atom stereocenters. The molecule has 1 fully saturated rings. The highest BCUT2D eigenvalue weighted by Gasteiger charge is 2.27. The Morgan fingerprint density at radius 3 is 2.82 bits per heavy atom. The largest absolute Gasteiger partial charge is 0.338 e. The maximum atomic E-state index is 12.3. The lowest BCUT2D eigenvalue weighted by molar-refractivity contribution is 0.0717. The van der Waals surface area contributed by atoms with Crippen LogP contribution < -0.4 is 0 Å². The van der Waals surface area contributed by atoms with Crippen LogP contribution in [0.1, 0.15) is 39.3 Å². The molecule has 4 rings (SSSR count). The highest BCUT2D eigenvalue weighted by atomic mass is 32.1. The number of piperidine rings is 1. The predicted molar refractivity (Wildman–Crippen MR) is 85.6 cm³/mol. The number of carbonyl (C=O) groups is 1. The quantitative estimate of drug-likeness (QED) is 0.723. The van der Waals surface area contributed by atoms with Crippen molar-refractivity contribution in [1.29, 1.82) is 0 Å². The monoisotopic (exact) mass is 333 g/mol. The Hall–Kier alpha value is -1.80. The Morgan fingerprint density at radius 1 is 1.32 bits per heavy atom. The zero-order chi connectivity index (χ0) is 15.1. The van der Waals surface area contributed by atoms with Crippen molar-refractivity contribution in [2.75, 3.05) is 13.1 Å². The van der Waals surface area contributed by atoms with E-state index in [-0.39, 0.29) is 5.91 Å². The van der Waals surface area contributed by atoms with Crippen LogP contribution in [0, 0.1) is 6.92 Å². The third-order valence-electron chi connectivity index (χ3n) is 4.03. The van der Waals surface area contributed by atoms with Crippen LogP contribution in [0.2, 0.25) is 0 Å². The molecular formula is C14H15N5OS2. The number of thiophene rings is 1. The van der Waals surface area contributed by atoms with E-state index in [1.54, 1.807) is 11.3 Å². The molecule has 3 aromatic heterocycles. The molecule has 0 aromatic carbocycles. The molecule has 0 atom stereocenters. The summed E-state index contributed by atoms with van der Waals surface area (Å²) in [6.07, 6.45) is 1.92. The minimum absolute atomic E-state index is 0.155. The first-order chi connectivity index (χ1) is 10.7. The SMILES string of the molecule is Cc1nnc2sc(C3CCN(C(=O)c4cccs4)CC3)nn12. The summed E-state index contributed by atoms with van der Waals surface area (Å²) >= 11 is 3.12. The number of aryl methyl sites for hydroxylation is 1. The molecule has 1 aliphatic heterocycles. The first-order valence-corrected chi connectivity index (χ1v) is 8.93. The van der Waals surface area contributed by atoms with Crippen LogP contribution in [-0.2, 0) is 0 Å². The molecular weight excluding hydrogens is 318 g/mol. The maximum Gasteiger partial charge on any atom is 0.263 e. The molecule has 0 radical (unpaired) electrons. The van der Waals surface area contributed by atoms with Gasteiger partial charge in [0, 0.05) is 19.0 Å². The van der Waals surface area contributed by atoms with E-state index in [1.165, 1.54) is 11.3 Å². The van der Waals surface area contributed by atoms with E-state index < -0.39 is 0 Å². The second-order valence-corrected chi connectivity index (χ2v) is 7.36. The second-order valence-electron chi connectivity index (χ2n) is 5.43. The Balaban J connectivity index is 1.46. The van der Waals surface area contributed by atoms with Crippen LogP contribution in [0.15, 0.2) is 17.5 Å². The molecule has 1 amide bonds. The van der Waals surface area contributed by atoms with Crippen LogP contribution >= 0.6 is 22.7 Å². The van der Waals surface area contributed by atoms with Gasteiger partial charge in [0.05, 0.1) is 4.88 Å². The number of fused-ring (bicyclic) bond motifs is 1. The van der Waals surface area contributed by atoms with Crippen molar-refractivity contribution >= 4 is 33.5 Å². The lowest BCUT2D eigenvalue weighted by Crippen LogP contribution is -2.37. The van der Waals surface area contributed by atoms with Gasteiger partial charge in [-0.3, -0.25) is 4.79 Å². The van der Waals surface area contributed by atoms with Gasteiger partial charge in [0.2, 0.25) is 4.96 Å². The zero-order valence-corrected chi connectivity index (χ0v) is 13.7. The van der Waals surface area contributed by atoms with E-state index in [4.69, 9.17) is 0 Å².